The van der Waals surface area contributed by atoms with Gasteiger partial charge in [-0.05, 0) is 30.4 Å². The molecule has 94 valence electrons. The minimum atomic E-state index is -0.693. The Morgan fingerprint density at radius 3 is 2.56 bits per heavy atom. The Kier molecular flexibility index (Phi) is 3.20. The monoisotopic (exact) mass is 242 g/mol. The van der Waals surface area contributed by atoms with E-state index in [9.17, 15) is 9.59 Å². The van der Waals surface area contributed by atoms with E-state index in [2.05, 4.69) is 6.58 Å². The van der Waals surface area contributed by atoms with Crippen LogP contribution in [0, 0.1) is 11.3 Å². The third-order valence-electron chi connectivity index (χ3n) is 4.27. The number of Topliss-reactive ketones (excluding diaryl/α,β-unsaturated/α-hetero) is 1. The molecule has 0 amide bonds. The molecule has 0 radical (unpaired) electrons. The van der Waals surface area contributed by atoms with Gasteiger partial charge in [0.2, 0.25) is 0 Å². The number of rotatable bonds is 3. The Hall–Kier alpha value is -1.70. The van der Waals surface area contributed by atoms with E-state index in [4.69, 9.17) is 0 Å². The summed E-state index contributed by atoms with van der Waals surface area (Å²) < 4.78 is 0. The maximum Gasteiger partial charge on any atom is 0.146 e. The predicted molar refractivity (Wildman–Crippen MR) is 71.3 cm³/mol. The molecule has 2 rings (SSSR count). The smallest absolute Gasteiger partial charge is 0.146 e. The summed E-state index contributed by atoms with van der Waals surface area (Å²) in [5.74, 6) is 0.253. The number of aldehydes is 1. The first-order valence-electron chi connectivity index (χ1n) is 6.24. The Morgan fingerprint density at radius 1 is 1.39 bits per heavy atom. The van der Waals surface area contributed by atoms with Gasteiger partial charge >= 0.3 is 0 Å². The minimum absolute atomic E-state index is 0.0610. The first kappa shape index (κ1) is 12.7. The molecule has 0 aromatic heterocycles. The molecule has 0 saturated heterocycles. The zero-order valence-electron chi connectivity index (χ0n) is 10.8. The van der Waals surface area contributed by atoms with Crippen LogP contribution in [0.15, 0.2) is 42.5 Å². The molecule has 1 aliphatic carbocycles. The van der Waals surface area contributed by atoms with Crippen LogP contribution in [0.3, 0.4) is 0 Å². The average molecular weight is 242 g/mol. The van der Waals surface area contributed by atoms with Crippen LogP contribution in [0.2, 0.25) is 0 Å². The van der Waals surface area contributed by atoms with E-state index in [1.807, 2.05) is 44.2 Å². The summed E-state index contributed by atoms with van der Waals surface area (Å²) in [7, 11) is 0. The number of hydrogen-bond donors (Lipinski definition) is 0. The molecule has 1 aromatic carbocycles. The van der Waals surface area contributed by atoms with Gasteiger partial charge in [-0.25, -0.2) is 0 Å². The molecule has 3 atom stereocenters. The number of carbonyl (C=O) groups is 2. The SMILES string of the molecule is C=C(C=O)[C@@]1(C)C[C@@H](c2ccccc2)[C@H](C)C1=O. The van der Waals surface area contributed by atoms with E-state index in [1.165, 1.54) is 5.56 Å². The number of hydrogen-bond acceptors (Lipinski definition) is 2. The second kappa shape index (κ2) is 4.52. The van der Waals surface area contributed by atoms with Crippen molar-refractivity contribution in [2.24, 2.45) is 11.3 Å². The van der Waals surface area contributed by atoms with Crippen LogP contribution in [0.25, 0.3) is 0 Å². The molecule has 0 unspecified atom stereocenters. The summed E-state index contributed by atoms with van der Waals surface area (Å²) >= 11 is 0. The second-order valence-corrected chi connectivity index (χ2v) is 5.35. The fourth-order valence-electron chi connectivity index (χ4n) is 2.93. The van der Waals surface area contributed by atoms with Gasteiger partial charge in [-0.2, -0.15) is 0 Å². The highest BCUT2D eigenvalue weighted by Gasteiger charge is 2.49. The topological polar surface area (TPSA) is 34.1 Å². The Balaban J connectivity index is 2.36. The van der Waals surface area contributed by atoms with Crippen LogP contribution in [-0.2, 0) is 9.59 Å². The third kappa shape index (κ3) is 1.82. The molecule has 2 nitrogen and oxygen atoms in total. The number of carbonyl (C=O) groups excluding carboxylic acids is 2. The van der Waals surface area contributed by atoms with Crippen molar-refractivity contribution in [2.45, 2.75) is 26.2 Å². The fourth-order valence-corrected chi connectivity index (χ4v) is 2.93. The molecule has 0 N–H and O–H groups in total. The van der Waals surface area contributed by atoms with Gasteiger partial charge in [0.1, 0.15) is 12.1 Å². The fraction of sp³-hybridized carbons (Fsp3) is 0.375. The summed E-state index contributed by atoms with van der Waals surface area (Å²) in [6.07, 6.45) is 1.40. The summed E-state index contributed by atoms with van der Waals surface area (Å²) in [4.78, 5) is 23.3. The predicted octanol–water partition coefficient (Wildman–Crippen LogP) is 3.14. The summed E-state index contributed by atoms with van der Waals surface area (Å²) in [5, 5.41) is 0. The quantitative estimate of drug-likeness (QED) is 0.602. The Bertz CT molecular complexity index is 489. The second-order valence-electron chi connectivity index (χ2n) is 5.35. The van der Waals surface area contributed by atoms with Crippen LogP contribution in [-0.4, -0.2) is 12.1 Å². The van der Waals surface area contributed by atoms with Gasteiger partial charge in [0.05, 0.1) is 5.41 Å². The van der Waals surface area contributed by atoms with Crippen molar-refractivity contribution in [3.8, 4) is 0 Å². The van der Waals surface area contributed by atoms with E-state index >= 15 is 0 Å². The van der Waals surface area contributed by atoms with Crippen LogP contribution in [0.1, 0.15) is 31.7 Å². The molecule has 0 heterocycles. The van der Waals surface area contributed by atoms with Gasteiger partial charge in [-0.1, -0.05) is 43.8 Å². The zero-order chi connectivity index (χ0) is 13.3. The maximum absolute atomic E-state index is 12.4. The first-order valence-corrected chi connectivity index (χ1v) is 6.24. The van der Waals surface area contributed by atoms with E-state index < -0.39 is 5.41 Å². The molecule has 1 aromatic rings. The lowest BCUT2D eigenvalue weighted by Gasteiger charge is -2.21. The average Bonchev–Trinajstić information content (AvgIpc) is 2.64. The molecule has 0 aliphatic heterocycles. The van der Waals surface area contributed by atoms with Crippen molar-refractivity contribution in [3.05, 3.63) is 48.0 Å². The van der Waals surface area contributed by atoms with Crippen LogP contribution in [0.4, 0.5) is 0 Å². The van der Waals surface area contributed by atoms with Gasteiger partial charge in [0.25, 0.3) is 0 Å². The Morgan fingerprint density at radius 2 is 2.00 bits per heavy atom. The van der Waals surface area contributed by atoms with Gasteiger partial charge in [0, 0.05) is 5.92 Å². The number of benzene rings is 1. The summed E-state index contributed by atoms with van der Waals surface area (Å²) in [6, 6.07) is 10.0. The molecule has 1 aliphatic rings. The molecule has 18 heavy (non-hydrogen) atoms. The lowest BCUT2D eigenvalue weighted by atomic mass is 9.79. The van der Waals surface area contributed by atoms with Crippen molar-refractivity contribution in [1.82, 2.24) is 0 Å². The molecular weight excluding hydrogens is 224 g/mol. The van der Waals surface area contributed by atoms with Gasteiger partial charge in [-0.15, -0.1) is 0 Å². The minimum Gasteiger partial charge on any atom is -0.298 e. The van der Waals surface area contributed by atoms with E-state index in [-0.39, 0.29) is 17.6 Å². The van der Waals surface area contributed by atoms with Gasteiger partial charge in [-0.3, -0.25) is 9.59 Å². The van der Waals surface area contributed by atoms with E-state index in [1.54, 1.807) is 0 Å². The van der Waals surface area contributed by atoms with Gasteiger partial charge < -0.3 is 0 Å². The number of ketones is 1. The van der Waals surface area contributed by atoms with E-state index in [0.717, 1.165) is 6.29 Å². The van der Waals surface area contributed by atoms with Gasteiger partial charge in [0.15, 0.2) is 0 Å². The lowest BCUT2D eigenvalue weighted by Crippen LogP contribution is -2.26. The highest BCUT2D eigenvalue weighted by Crippen LogP contribution is 2.50. The third-order valence-corrected chi connectivity index (χ3v) is 4.27. The van der Waals surface area contributed by atoms with Crippen molar-refractivity contribution in [1.29, 1.82) is 0 Å². The van der Waals surface area contributed by atoms with Crippen LogP contribution < -0.4 is 0 Å². The zero-order valence-corrected chi connectivity index (χ0v) is 10.8. The largest absolute Gasteiger partial charge is 0.298 e. The van der Waals surface area contributed by atoms with Crippen LogP contribution in [0.5, 0.6) is 0 Å². The number of allylic oxidation sites excluding steroid dienone is 1. The first-order chi connectivity index (χ1) is 8.50. The normalized spacial score (nSPS) is 31.3. The molecule has 0 spiro atoms. The van der Waals surface area contributed by atoms with Crippen LogP contribution >= 0.6 is 0 Å². The molecule has 2 heteroatoms. The lowest BCUT2D eigenvalue weighted by molar-refractivity contribution is -0.127. The van der Waals surface area contributed by atoms with Crippen molar-refractivity contribution >= 4 is 12.1 Å². The molecular formula is C16H18O2. The summed E-state index contributed by atoms with van der Waals surface area (Å²) in [6.45, 7) is 7.54. The van der Waals surface area contributed by atoms with Crippen molar-refractivity contribution in [2.75, 3.05) is 0 Å². The Labute approximate surface area is 108 Å². The molecule has 0 bridgehead atoms. The molecule has 1 fully saturated rings. The van der Waals surface area contributed by atoms with Crippen molar-refractivity contribution in [3.63, 3.8) is 0 Å². The standard InChI is InChI=1S/C16H18O2/c1-11(10-17)16(3)9-14(12(2)15(16)18)13-7-5-4-6-8-13/h4-8,10,12,14H,1,9H2,2-3H3/t12-,14+,16+/m0/s1. The van der Waals surface area contributed by atoms with E-state index in [0.29, 0.717) is 12.0 Å². The highest BCUT2D eigenvalue weighted by molar-refractivity contribution is 5.98. The summed E-state index contributed by atoms with van der Waals surface area (Å²) in [5.41, 5.74) is 0.875. The molecule has 1 saturated carbocycles. The van der Waals surface area contributed by atoms with Crippen molar-refractivity contribution < 1.29 is 9.59 Å². The maximum atomic E-state index is 12.4. The highest BCUT2D eigenvalue weighted by atomic mass is 16.1.